The van der Waals surface area contributed by atoms with Crippen molar-refractivity contribution < 1.29 is 9.53 Å². The molecule has 0 spiro atoms. The van der Waals surface area contributed by atoms with E-state index in [0.29, 0.717) is 11.5 Å². The summed E-state index contributed by atoms with van der Waals surface area (Å²) in [6.45, 7) is 7.31. The van der Waals surface area contributed by atoms with E-state index in [4.69, 9.17) is 4.74 Å². The number of nitrogens with zero attached hydrogens (tertiary/aromatic N) is 3. The lowest BCUT2D eigenvalue weighted by Gasteiger charge is -2.35. The Bertz CT molecular complexity index is 1050. The lowest BCUT2D eigenvalue weighted by atomic mass is 10.1. The zero-order valence-corrected chi connectivity index (χ0v) is 17.3. The fourth-order valence-corrected chi connectivity index (χ4v) is 4.37. The molecule has 1 amide bonds. The first-order chi connectivity index (χ1) is 14.0. The van der Waals surface area contributed by atoms with Crippen molar-refractivity contribution >= 4 is 22.2 Å². The van der Waals surface area contributed by atoms with E-state index < -0.39 is 5.91 Å². The van der Waals surface area contributed by atoms with E-state index in [0.717, 1.165) is 25.2 Å². The first-order valence-corrected chi connectivity index (χ1v) is 10.6. The molecule has 1 aromatic carbocycles. The topological polar surface area (TPSA) is 75.9 Å². The van der Waals surface area contributed by atoms with Crippen LogP contribution in [0.3, 0.4) is 0 Å². The van der Waals surface area contributed by atoms with Gasteiger partial charge in [0.1, 0.15) is 5.56 Å². The van der Waals surface area contributed by atoms with Gasteiger partial charge in [0.2, 0.25) is 0 Å². The normalized spacial score (nSPS) is 20.1. The van der Waals surface area contributed by atoms with Gasteiger partial charge >= 0.3 is 0 Å². The third-order valence-electron chi connectivity index (χ3n) is 4.96. The Balaban J connectivity index is 1.35. The molecular formula is C21H24N4O3S. The van der Waals surface area contributed by atoms with Crippen molar-refractivity contribution in [3.8, 4) is 0 Å². The van der Waals surface area contributed by atoms with Crippen LogP contribution in [0.25, 0.3) is 4.96 Å². The van der Waals surface area contributed by atoms with Gasteiger partial charge in [0.05, 0.1) is 12.2 Å². The molecule has 3 aromatic rings. The monoisotopic (exact) mass is 412 g/mol. The van der Waals surface area contributed by atoms with Crippen LogP contribution in [0, 0.1) is 0 Å². The molecule has 1 N–H and O–H groups in total. The van der Waals surface area contributed by atoms with Crippen molar-refractivity contribution in [1.29, 1.82) is 0 Å². The summed E-state index contributed by atoms with van der Waals surface area (Å²) < 4.78 is 7.17. The predicted molar refractivity (Wildman–Crippen MR) is 112 cm³/mol. The molecule has 1 saturated heterocycles. The van der Waals surface area contributed by atoms with Gasteiger partial charge in [0.15, 0.2) is 4.96 Å². The molecule has 0 aliphatic carbocycles. The molecule has 0 radical (unpaired) electrons. The molecule has 2 atom stereocenters. The summed E-state index contributed by atoms with van der Waals surface area (Å²) in [6, 6.07) is 8.19. The van der Waals surface area contributed by atoms with E-state index in [-0.39, 0.29) is 23.3 Å². The Kier molecular flexibility index (Phi) is 5.75. The zero-order valence-electron chi connectivity index (χ0n) is 16.5. The first-order valence-electron chi connectivity index (χ1n) is 9.68. The Morgan fingerprint density at radius 1 is 1.21 bits per heavy atom. The smallest absolute Gasteiger partial charge is 0.271 e. The van der Waals surface area contributed by atoms with Gasteiger partial charge < -0.3 is 10.1 Å². The summed E-state index contributed by atoms with van der Waals surface area (Å²) in [6.07, 6.45) is 3.47. The second-order valence-electron chi connectivity index (χ2n) is 7.48. The number of nitrogens with one attached hydrogen (secondary N) is 1. The minimum atomic E-state index is -0.413. The molecule has 1 aliphatic heterocycles. The summed E-state index contributed by atoms with van der Waals surface area (Å²) in [5.74, 6) is -0.413. The van der Waals surface area contributed by atoms with E-state index in [1.54, 1.807) is 11.6 Å². The van der Waals surface area contributed by atoms with Crippen molar-refractivity contribution in [3.05, 3.63) is 69.1 Å². The summed E-state index contributed by atoms with van der Waals surface area (Å²) >= 11 is 1.36. The largest absolute Gasteiger partial charge is 0.373 e. The molecule has 1 aliphatic rings. The molecule has 2 aromatic heterocycles. The Hall–Kier alpha value is -2.55. The number of ether oxygens (including phenoxy) is 1. The molecule has 3 heterocycles. The van der Waals surface area contributed by atoms with Crippen LogP contribution in [0.2, 0.25) is 0 Å². The van der Waals surface area contributed by atoms with Gasteiger partial charge in [-0.25, -0.2) is 4.98 Å². The highest BCUT2D eigenvalue weighted by atomic mass is 32.1. The zero-order chi connectivity index (χ0) is 20.4. The second-order valence-corrected chi connectivity index (χ2v) is 8.36. The van der Waals surface area contributed by atoms with Crippen LogP contribution in [0.15, 0.2) is 46.8 Å². The number of morpholine rings is 1. The van der Waals surface area contributed by atoms with Gasteiger partial charge in [-0.1, -0.05) is 24.3 Å². The van der Waals surface area contributed by atoms with Crippen LogP contribution in [0.1, 0.15) is 35.3 Å². The summed E-state index contributed by atoms with van der Waals surface area (Å²) in [7, 11) is 0. The van der Waals surface area contributed by atoms with E-state index in [2.05, 4.69) is 41.2 Å². The van der Waals surface area contributed by atoms with Gasteiger partial charge in [-0.05, 0) is 25.0 Å². The minimum Gasteiger partial charge on any atom is -0.373 e. The summed E-state index contributed by atoms with van der Waals surface area (Å²) in [4.78, 5) is 31.9. The molecule has 0 unspecified atom stereocenters. The van der Waals surface area contributed by atoms with Gasteiger partial charge in [-0.15, -0.1) is 11.3 Å². The number of fused-ring (bicyclic) bond motifs is 1. The van der Waals surface area contributed by atoms with Crippen molar-refractivity contribution in [2.45, 2.75) is 39.1 Å². The number of benzene rings is 1. The van der Waals surface area contributed by atoms with E-state index in [1.165, 1.54) is 27.5 Å². The van der Waals surface area contributed by atoms with Gasteiger partial charge in [0.25, 0.3) is 11.5 Å². The third-order valence-corrected chi connectivity index (χ3v) is 5.74. The number of hydrogen-bond donors (Lipinski definition) is 1. The van der Waals surface area contributed by atoms with Crippen molar-refractivity contribution in [1.82, 2.24) is 19.6 Å². The molecule has 1 fully saturated rings. The maximum absolute atomic E-state index is 12.4. The quantitative estimate of drug-likeness (QED) is 0.696. The molecule has 152 valence electrons. The third kappa shape index (κ3) is 4.55. The minimum absolute atomic E-state index is 0.0491. The number of aromatic nitrogens is 2. The second kappa shape index (κ2) is 8.44. The van der Waals surface area contributed by atoms with Gasteiger partial charge in [0, 0.05) is 44.0 Å². The number of rotatable bonds is 5. The molecule has 4 rings (SSSR count). The molecular weight excluding hydrogens is 388 g/mol. The van der Waals surface area contributed by atoms with Crippen LogP contribution in [0.5, 0.6) is 0 Å². The fourth-order valence-electron chi connectivity index (χ4n) is 3.69. The standard InChI is InChI=1S/C21H24N4O3S/c1-14-11-24(12-15(2)28-14)13-17-5-3-16(4-6-17)9-22-19(26)18-10-23-21-25(20(18)27)7-8-29-21/h3-8,10,14-15H,9,11-13H2,1-2H3,(H,22,26)/t14-,15-/m0/s1. The van der Waals surface area contributed by atoms with E-state index in [1.807, 2.05) is 12.1 Å². The lowest BCUT2D eigenvalue weighted by molar-refractivity contribution is -0.0704. The highest BCUT2D eigenvalue weighted by Gasteiger charge is 2.22. The van der Waals surface area contributed by atoms with Crippen LogP contribution >= 0.6 is 11.3 Å². The average Bonchev–Trinajstić information content (AvgIpc) is 3.16. The Morgan fingerprint density at radius 3 is 2.62 bits per heavy atom. The molecule has 8 heteroatoms. The molecule has 0 bridgehead atoms. The van der Waals surface area contributed by atoms with Gasteiger partial charge in [-0.2, -0.15) is 0 Å². The van der Waals surface area contributed by atoms with Crippen LogP contribution in [-0.2, 0) is 17.8 Å². The summed E-state index contributed by atoms with van der Waals surface area (Å²) in [5.41, 5.74) is 1.91. The number of carbonyl (C=O) groups excluding carboxylic acids is 1. The highest BCUT2D eigenvalue weighted by molar-refractivity contribution is 7.15. The maximum Gasteiger partial charge on any atom is 0.271 e. The van der Waals surface area contributed by atoms with Crippen LogP contribution < -0.4 is 10.9 Å². The number of carbonyl (C=O) groups is 1. The molecule has 7 nitrogen and oxygen atoms in total. The van der Waals surface area contributed by atoms with Crippen LogP contribution in [-0.4, -0.2) is 45.5 Å². The lowest BCUT2D eigenvalue weighted by Crippen LogP contribution is -2.44. The van der Waals surface area contributed by atoms with Crippen molar-refractivity contribution in [2.24, 2.45) is 0 Å². The fraction of sp³-hybridized carbons (Fsp3) is 0.381. The van der Waals surface area contributed by atoms with Gasteiger partial charge in [-0.3, -0.25) is 18.9 Å². The number of thiazole rings is 1. The maximum atomic E-state index is 12.4. The SMILES string of the molecule is C[C@H]1CN(Cc2ccc(CNC(=O)c3cnc4sccn4c3=O)cc2)C[C@H](C)O1. The van der Waals surface area contributed by atoms with Crippen molar-refractivity contribution in [3.63, 3.8) is 0 Å². The first kappa shape index (κ1) is 19.8. The summed E-state index contributed by atoms with van der Waals surface area (Å²) in [5, 5.41) is 4.58. The van der Waals surface area contributed by atoms with E-state index >= 15 is 0 Å². The van der Waals surface area contributed by atoms with Crippen LogP contribution in [0.4, 0.5) is 0 Å². The average molecular weight is 413 g/mol. The number of hydrogen-bond acceptors (Lipinski definition) is 6. The number of amides is 1. The Morgan fingerprint density at radius 2 is 1.90 bits per heavy atom. The molecule has 0 saturated carbocycles. The molecule has 29 heavy (non-hydrogen) atoms. The predicted octanol–water partition coefficient (Wildman–Crippen LogP) is 2.30. The van der Waals surface area contributed by atoms with Crippen molar-refractivity contribution in [2.75, 3.05) is 13.1 Å². The highest BCUT2D eigenvalue weighted by Crippen LogP contribution is 2.15. The Labute approximate surface area is 173 Å². The van der Waals surface area contributed by atoms with E-state index in [9.17, 15) is 9.59 Å².